The summed E-state index contributed by atoms with van der Waals surface area (Å²) in [5.41, 5.74) is 4.29. The quantitative estimate of drug-likeness (QED) is 0.527. The van der Waals surface area contributed by atoms with Crippen molar-refractivity contribution in [3.63, 3.8) is 0 Å². The molecule has 0 fully saturated rings. The fourth-order valence-electron chi connectivity index (χ4n) is 2.58. The number of carbonyl (C=O) groups is 1. The highest BCUT2D eigenvalue weighted by Gasteiger charge is 2.11. The first-order valence-electron chi connectivity index (χ1n) is 8.38. The van der Waals surface area contributed by atoms with Crippen LogP contribution >= 0.6 is 0 Å². The molecule has 3 rings (SSSR count). The van der Waals surface area contributed by atoms with Crippen LogP contribution in [0.15, 0.2) is 71.8 Å². The number of carbonyl (C=O) groups excluding carboxylic acids is 1. The number of fused-ring (bicyclic) bond motifs is 1. The van der Waals surface area contributed by atoms with Crippen molar-refractivity contribution in [1.82, 2.24) is 5.43 Å². The van der Waals surface area contributed by atoms with Crippen molar-refractivity contribution in [3.8, 4) is 5.75 Å². The van der Waals surface area contributed by atoms with E-state index < -0.39 is 6.04 Å². The van der Waals surface area contributed by atoms with E-state index in [0.717, 1.165) is 27.8 Å². The summed E-state index contributed by atoms with van der Waals surface area (Å²) >= 11 is 0. The lowest BCUT2D eigenvalue weighted by atomic mass is 10.1. The van der Waals surface area contributed by atoms with Crippen molar-refractivity contribution in [2.45, 2.75) is 13.0 Å². The second-order valence-corrected chi connectivity index (χ2v) is 5.94. The zero-order valence-corrected chi connectivity index (χ0v) is 14.8. The van der Waals surface area contributed by atoms with Crippen molar-refractivity contribution in [2.24, 2.45) is 5.10 Å². The number of nitrogens with one attached hydrogen (secondary N) is 2. The van der Waals surface area contributed by atoms with Gasteiger partial charge in [0.25, 0.3) is 5.91 Å². The van der Waals surface area contributed by atoms with E-state index in [1.54, 1.807) is 20.2 Å². The Morgan fingerprint density at radius 1 is 1.04 bits per heavy atom. The van der Waals surface area contributed by atoms with E-state index in [-0.39, 0.29) is 5.91 Å². The predicted octanol–water partition coefficient (Wildman–Crippen LogP) is 3.80. The van der Waals surface area contributed by atoms with Crippen LogP contribution in [0.1, 0.15) is 12.5 Å². The van der Waals surface area contributed by atoms with E-state index in [4.69, 9.17) is 4.74 Å². The number of amides is 1. The molecule has 1 amide bonds. The first-order valence-corrected chi connectivity index (χ1v) is 8.38. The lowest BCUT2D eigenvalue weighted by molar-refractivity contribution is -0.121. The van der Waals surface area contributed by atoms with E-state index in [0.29, 0.717) is 0 Å². The molecular weight excluding hydrogens is 326 g/mol. The van der Waals surface area contributed by atoms with Crippen LogP contribution in [0.4, 0.5) is 5.69 Å². The third-order valence-electron chi connectivity index (χ3n) is 4.01. The molecule has 0 saturated heterocycles. The minimum Gasteiger partial charge on any atom is -0.497 e. The fraction of sp³-hybridized carbons (Fsp3) is 0.143. The maximum atomic E-state index is 12.2. The highest BCUT2D eigenvalue weighted by Crippen LogP contribution is 2.19. The van der Waals surface area contributed by atoms with Crippen molar-refractivity contribution in [1.29, 1.82) is 0 Å². The summed E-state index contributed by atoms with van der Waals surface area (Å²) in [6, 6.07) is 21.2. The van der Waals surface area contributed by atoms with Gasteiger partial charge in [-0.25, -0.2) is 5.43 Å². The minimum absolute atomic E-state index is 0.211. The Hall–Kier alpha value is -3.34. The zero-order valence-electron chi connectivity index (χ0n) is 14.8. The number of hydrazone groups is 1. The molecule has 26 heavy (non-hydrogen) atoms. The molecule has 0 bridgehead atoms. The maximum absolute atomic E-state index is 12.2. The van der Waals surface area contributed by atoms with Gasteiger partial charge in [0, 0.05) is 5.69 Å². The zero-order chi connectivity index (χ0) is 18.4. The Bertz CT molecular complexity index is 937. The molecule has 0 aliphatic rings. The van der Waals surface area contributed by atoms with Crippen LogP contribution in [0.2, 0.25) is 0 Å². The Morgan fingerprint density at radius 2 is 1.85 bits per heavy atom. The first kappa shape index (κ1) is 17.5. The SMILES string of the molecule is COc1cccc(/C=N\NC(=O)[C@@H](C)Nc2ccc3ccccc3c2)c1. The summed E-state index contributed by atoms with van der Waals surface area (Å²) in [4.78, 5) is 12.2. The van der Waals surface area contributed by atoms with E-state index in [2.05, 4.69) is 21.9 Å². The molecule has 0 spiro atoms. The van der Waals surface area contributed by atoms with Crippen LogP contribution in [-0.4, -0.2) is 25.3 Å². The highest BCUT2D eigenvalue weighted by atomic mass is 16.5. The fourth-order valence-corrected chi connectivity index (χ4v) is 2.58. The Kier molecular flexibility index (Phi) is 5.49. The third-order valence-corrected chi connectivity index (χ3v) is 4.01. The lowest BCUT2D eigenvalue weighted by Gasteiger charge is -2.14. The van der Waals surface area contributed by atoms with E-state index >= 15 is 0 Å². The second kappa shape index (κ2) is 8.16. The van der Waals surface area contributed by atoms with Crippen molar-refractivity contribution >= 4 is 28.6 Å². The molecule has 0 aliphatic heterocycles. The topological polar surface area (TPSA) is 62.7 Å². The van der Waals surface area contributed by atoms with E-state index in [1.807, 2.05) is 60.7 Å². The van der Waals surface area contributed by atoms with Crippen molar-refractivity contribution < 1.29 is 9.53 Å². The number of anilines is 1. The molecule has 3 aromatic rings. The van der Waals surface area contributed by atoms with Gasteiger partial charge in [-0.3, -0.25) is 4.79 Å². The maximum Gasteiger partial charge on any atom is 0.262 e. The summed E-state index contributed by atoms with van der Waals surface area (Å²) in [6.45, 7) is 1.80. The summed E-state index contributed by atoms with van der Waals surface area (Å²) in [6.07, 6.45) is 1.59. The number of hydrogen-bond donors (Lipinski definition) is 2. The Balaban J connectivity index is 1.59. The van der Waals surface area contributed by atoms with Gasteiger partial charge in [-0.2, -0.15) is 5.10 Å². The van der Waals surface area contributed by atoms with Gasteiger partial charge in [0.05, 0.1) is 13.3 Å². The number of ether oxygens (including phenoxy) is 1. The highest BCUT2D eigenvalue weighted by molar-refractivity contribution is 5.89. The average Bonchev–Trinajstić information content (AvgIpc) is 2.68. The Labute approximate surface area is 152 Å². The average molecular weight is 347 g/mol. The number of rotatable bonds is 6. The molecule has 5 nitrogen and oxygen atoms in total. The Morgan fingerprint density at radius 3 is 2.65 bits per heavy atom. The smallest absolute Gasteiger partial charge is 0.262 e. The second-order valence-electron chi connectivity index (χ2n) is 5.94. The number of benzene rings is 3. The largest absolute Gasteiger partial charge is 0.497 e. The molecule has 0 aromatic heterocycles. The normalized spacial score (nSPS) is 12.1. The summed E-state index contributed by atoms with van der Waals surface area (Å²) < 4.78 is 5.16. The van der Waals surface area contributed by atoms with Crippen molar-refractivity contribution in [3.05, 3.63) is 72.3 Å². The lowest BCUT2D eigenvalue weighted by Crippen LogP contribution is -2.34. The van der Waals surface area contributed by atoms with Gasteiger partial charge >= 0.3 is 0 Å². The third kappa shape index (κ3) is 4.39. The summed E-state index contributed by atoms with van der Waals surface area (Å²) in [5, 5.41) is 9.50. The van der Waals surface area contributed by atoms with Crippen LogP contribution in [0.3, 0.4) is 0 Å². The first-order chi connectivity index (χ1) is 12.7. The number of hydrogen-bond acceptors (Lipinski definition) is 4. The summed E-state index contributed by atoms with van der Waals surface area (Å²) in [5.74, 6) is 0.531. The van der Waals surface area contributed by atoms with Crippen molar-refractivity contribution in [2.75, 3.05) is 12.4 Å². The van der Waals surface area contributed by atoms with Crippen LogP contribution in [0, 0.1) is 0 Å². The van der Waals surface area contributed by atoms with Crippen LogP contribution in [0.5, 0.6) is 5.75 Å². The van der Waals surface area contributed by atoms with E-state index in [1.165, 1.54) is 0 Å². The molecule has 0 saturated carbocycles. The van der Waals surface area contributed by atoms with Gasteiger partial charge in [0.2, 0.25) is 0 Å². The standard InChI is InChI=1S/C21H21N3O2/c1-15(23-19-11-10-17-7-3-4-8-18(17)13-19)21(25)24-22-14-16-6-5-9-20(12-16)26-2/h3-15,23H,1-2H3,(H,24,25)/b22-14-/t15-/m1/s1. The van der Waals surface area contributed by atoms with Crippen LogP contribution in [-0.2, 0) is 4.79 Å². The monoisotopic (exact) mass is 347 g/mol. The molecule has 132 valence electrons. The minimum atomic E-state index is -0.418. The predicted molar refractivity (Wildman–Crippen MR) is 106 cm³/mol. The molecule has 0 radical (unpaired) electrons. The molecule has 0 aliphatic carbocycles. The molecular formula is C21H21N3O2. The van der Waals surface area contributed by atoms with Gasteiger partial charge < -0.3 is 10.1 Å². The van der Waals surface area contributed by atoms with Gasteiger partial charge in [0.1, 0.15) is 11.8 Å². The molecule has 2 N–H and O–H groups in total. The van der Waals surface area contributed by atoms with E-state index in [9.17, 15) is 4.79 Å². The molecule has 5 heteroatoms. The van der Waals surface area contributed by atoms with Crippen LogP contribution in [0.25, 0.3) is 10.8 Å². The summed E-state index contributed by atoms with van der Waals surface area (Å²) in [7, 11) is 1.61. The molecule has 1 atom stereocenters. The molecule has 3 aromatic carbocycles. The van der Waals surface area contributed by atoms with Gasteiger partial charge in [-0.1, -0.05) is 42.5 Å². The number of methoxy groups -OCH3 is 1. The molecule has 0 heterocycles. The van der Waals surface area contributed by atoms with Gasteiger partial charge in [-0.15, -0.1) is 0 Å². The van der Waals surface area contributed by atoms with Gasteiger partial charge in [0.15, 0.2) is 0 Å². The molecule has 0 unspecified atom stereocenters. The van der Waals surface area contributed by atoms with Gasteiger partial charge in [-0.05, 0) is 47.5 Å². The van der Waals surface area contributed by atoms with Crippen LogP contribution < -0.4 is 15.5 Å². The number of nitrogens with zero attached hydrogens (tertiary/aromatic N) is 1.